The van der Waals surface area contributed by atoms with E-state index in [1.165, 1.54) is 13.2 Å². The quantitative estimate of drug-likeness (QED) is 0.277. The minimum Gasteiger partial charge on any atom is -0.486 e. The minimum atomic E-state index is -0.939. The molecule has 36 heavy (non-hydrogen) atoms. The van der Waals surface area contributed by atoms with E-state index in [1.807, 2.05) is 44.2 Å². The highest BCUT2D eigenvalue weighted by molar-refractivity contribution is 5.91. The van der Waals surface area contributed by atoms with Crippen molar-refractivity contribution in [1.29, 1.82) is 0 Å². The summed E-state index contributed by atoms with van der Waals surface area (Å²) in [5, 5.41) is 16.8. The summed E-state index contributed by atoms with van der Waals surface area (Å²) in [6, 6.07) is 12.1. The topological polar surface area (TPSA) is 137 Å². The standard InChI is InChI=1S/C26H31N3O7/c1-16(2)12-21(26(32)35-3)28-25(31)20(13-17-8-5-4-6-9-17)27-23(30)14-18-15-36-24-19(18)10-7-11-22(24)29(33)34/h4-11,16,18,20-21H,12-15H2,1-3H3,(H,27,30)(H,28,31)/t18?,20-,21-/m0/s1. The van der Waals surface area contributed by atoms with Crippen molar-refractivity contribution in [3.8, 4) is 5.75 Å². The monoisotopic (exact) mass is 497 g/mol. The van der Waals surface area contributed by atoms with Gasteiger partial charge in [0.25, 0.3) is 0 Å². The lowest BCUT2D eigenvalue weighted by Gasteiger charge is -2.24. The zero-order chi connectivity index (χ0) is 26.2. The Hall–Kier alpha value is -3.95. The van der Waals surface area contributed by atoms with Crippen LogP contribution in [0, 0.1) is 16.0 Å². The predicted molar refractivity (Wildman–Crippen MR) is 131 cm³/mol. The van der Waals surface area contributed by atoms with Gasteiger partial charge in [-0.05, 0) is 17.9 Å². The Balaban J connectivity index is 1.75. The van der Waals surface area contributed by atoms with E-state index in [-0.39, 0.29) is 42.7 Å². The molecule has 2 amide bonds. The zero-order valence-corrected chi connectivity index (χ0v) is 20.6. The average molecular weight is 498 g/mol. The summed E-state index contributed by atoms with van der Waals surface area (Å²) < 4.78 is 10.4. The number of para-hydroxylation sites is 1. The number of nitrogens with one attached hydrogen (secondary N) is 2. The van der Waals surface area contributed by atoms with Crippen molar-refractivity contribution >= 4 is 23.5 Å². The molecule has 0 saturated heterocycles. The fraction of sp³-hybridized carbons (Fsp3) is 0.423. The van der Waals surface area contributed by atoms with E-state index < -0.39 is 34.8 Å². The third kappa shape index (κ3) is 6.80. The van der Waals surface area contributed by atoms with Gasteiger partial charge in [-0.15, -0.1) is 0 Å². The molecule has 0 aliphatic carbocycles. The maximum atomic E-state index is 13.2. The molecule has 192 valence electrons. The average Bonchev–Trinajstić information content (AvgIpc) is 3.25. The van der Waals surface area contributed by atoms with Crippen LogP contribution in [0.15, 0.2) is 48.5 Å². The van der Waals surface area contributed by atoms with Gasteiger partial charge in [-0.2, -0.15) is 0 Å². The molecular formula is C26H31N3O7. The molecule has 2 aromatic carbocycles. The van der Waals surface area contributed by atoms with E-state index in [2.05, 4.69) is 10.6 Å². The number of fused-ring (bicyclic) bond motifs is 1. The molecule has 1 heterocycles. The van der Waals surface area contributed by atoms with Gasteiger partial charge < -0.3 is 20.1 Å². The lowest BCUT2D eigenvalue weighted by molar-refractivity contribution is -0.385. The number of hydrogen-bond donors (Lipinski definition) is 2. The van der Waals surface area contributed by atoms with Crippen molar-refractivity contribution < 1.29 is 28.8 Å². The second-order valence-corrected chi connectivity index (χ2v) is 9.19. The molecule has 0 fully saturated rings. The molecule has 0 saturated carbocycles. The summed E-state index contributed by atoms with van der Waals surface area (Å²) in [6.45, 7) is 3.98. The molecule has 0 aromatic heterocycles. The molecule has 1 aliphatic rings. The number of methoxy groups -OCH3 is 1. The van der Waals surface area contributed by atoms with Crippen molar-refractivity contribution in [2.75, 3.05) is 13.7 Å². The molecule has 0 radical (unpaired) electrons. The number of carbonyl (C=O) groups is 3. The molecule has 3 rings (SSSR count). The Morgan fingerprint density at radius 2 is 1.81 bits per heavy atom. The second kappa shape index (κ2) is 12.1. The van der Waals surface area contributed by atoms with Crippen LogP contribution in [0.2, 0.25) is 0 Å². The summed E-state index contributed by atoms with van der Waals surface area (Å²) in [5.74, 6) is -1.54. The van der Waals surface area contributed by atoms with Gasteiger partial charge in [-0.3, -0.25) is 19.7 Å². The van der Waals surface area contributed by atoms with Gasteiger partial charge >= 0.3 is 11.7 Å². The number of rotatable bonds is 11. The third-order valence-corrected chi connectivity index (χ3v) is 5.97. The number of amides is 2. The first-order valence-electron chi connectivity index (χ1n) is 11.8. The van der Waals surface area contributed by atoms with Crippen LogP contribution < -0.4 is 15.4 Å². The van der Waals surface area contributed by atoms with Gasteiger partial charge in [-0.25, -0.2) is 4.79 Å². The van der Waals surface area contributed by atoms with Crippen LogP contribution in [-0.4, -0.2) is 48.5 Å². The van der Waals surface area contributed by atoms with Gasteiger partial charge in [0, 0.05) is 30.4 Å². The fourth-order valence-electron chi connectivity index (χ4n) is 4.24. The number of benzene rings is 2. The van der Waals surface area contributed by atoms with E-state index in [0.29, 0.717) is 12.0 Å². The maximum Gasteiger partial charge on any atom is 0.328 e. The minimum absolute atomic E-state index is 0.0147. The second-order valence-electron chi connectivity index (χ2n) is 9.19. The smallest absolute Gasteiger partial charge is 0.328 e. The fourth-order valence-corrected chi connectivity index (χ4v) is 4.24. The van der Waals surface area contributed by atoms with Crippen molar-refractivity contribution in [2.45, 2.75) is 51.1 Å². The lowest BCUT2D eigenvalue weighted by Crippen LogP contribution is -2.53. The number of esters is 1. The normalized spacial score (nSPS) is 15.8. The highest BCUT2D eigenvalue weighted by atomic mass is 16.6. The first-order valence-corrected chi connectivity index (χ1v) is 11.8. The highest BCUT2D eigenvalue weighted by Gasteiger charge is 2.34. The van der Waals surface area contributed by atoms with Gasteiger partial charge in [0.15, 0.2) is 0 Å². The number of nitrogens with zero attached hydrogens (tertiary/aromatic N) is 1. The van der Waals surface area contributed by atoms with Crippen molar-refractivity contribution in [3.05, 3.63) is 69.8 Å². The third-order valence-electron chi connectivity index (χ3n) is 5.97. The maximum absolute atomic E-state index is 13.2. The molecule has 10 heteroatoms. The summed E-state index contributed by atoms with van der Waals surface area (Å²) in [4.78, 5) is 49.2. The Kier molecular flexibility index (Phi) is 8.99. The first kappa shape index (κ1) is 26.7. The number of nitro groups is 1. The molecule has 3 atom stereocenters. The van der Waals surface area contributed by atoms with Crippen LogP contribution >= 0.6 is 0 Å². The van der Waals surface area contributed by atoms with Crippen LogP contribution in [0.25, 0.3) is 0 Å². The number of hydrogen-bond acceptors (Lipinski definition) is 7. The van der Waals surface area contributed by atoms with Crippen LogP contribution in [0.5, 0.6) is 5.75 Å². The molecular weight excluding hydrogens is 466 g/mol. The largest absolute Gasteiger partial charge is 0.486 e. The summed E-state index contributed by atoms with van der Waals surface area (Å²) in [6.07, 6.45) is 0.593. The number of nitro benzene ring substituents is 1. The SMILES string of the molecule is COC(=O)[C@H](CC(C)C)NC(=O)[C@H](Cc1ccccc1)NC(=O)CC1COc2c1cccc2[N+](=O)[O-]. The molecule has 1 aliphatic heterocycles. The summed E-state index contributed by atoms with van der Waals surface area (Å²) in [7, 11) is 1.26. The molecule has 0 bridgehead atoms. The van der Waals surface area contributed by atoms with Crippen molar-refractivity contribution in [2.24, 2.45) is 5.92 Å². The lowest BCUT2D eigenvalue weighted by atomic mass is 9.96. The van der Waals surface area contributed by atoms with Crippen LogP contribution in [0.1, 0.15) is 43.7 Å². The Bertz CT molecular complexity index is 1100. The van der Waals surface area contributed by atoms with Crippen molar-refractivity contribution in [3.63, 3.8) is 0 Å². The highest BCUT2D eigenvalue weighted by Crippen LogP contribution is 2.42. The summed E-state index contributed by atoms with van der Waals surface area (Å²) >= 11 is 0. The molecule has 2 N–H and O–H groups in total. The first-order chi connectivity index (χ1) is 17.2. The molecule has 10 nitrogen and oxygen atoms in total. The summed E-state index contributed by atoms with van der Waals surface area (Å²) in [5.41, 5.74) is 1.28. The van der Waals surface area contributed by atoms with E-state index in [0.717, 1.165) is 5.56 Å². The van der Waals surface area contributed by atoms with Crippen LogP contribution in [0.3, 0.4) is 0 Å². The van der Waals surface area contributed by atoms with Crippen LogP contribution in [-0.2, 0) is 25.5 Å². The van der Waals surface area contributed by atoms with Gasteiger partial charge in [-0.1, -0.05) is 56.3 Å². The van der Waals surface area contributed by atoms with Gasteiger partial charge in [0.1, 0.15) is 12.1 Å². The number of carbonyl (C=O) groups excluding carboxylic acids is 3. The Morgan fingerprint density at radius 1 is 1.08 bits per heavy atom. The van der Waals surface area contributed by atoms with Crippen LogP contribution in [0.4, 0.5) is 5.69 Å². The zero-order valence-electron chi connectivity index (χ0n) is 20.6. The van der Waals surface area contributed by atoms with E-state index in [9.17, 15) is 24.5 Å². The Morgan fingerprint density at radius 3 is 2.44 bits per heavy atom. The van der Waals surface area contributed by atoms with E-state index in [4.69, 9.17) is 9.47 Å². The predicted octanol–water partition coefficient (Wildman–Crippen LogP) is 2.89. The van der Waals surface area contributed by atoms with Gasteiger partial charge in [0.05, 0.1) is 18.6 Å². The number of ether oxygens (including phenoxy) is 2. The molecule has 1 unspecified atom stereocenters. The molecule has 2 aromatic rings. The van der Waals surface area contributed by atoms with E-state index >= 15 is 0 Å². The van der Waals surface area contributed by atoms with Gasteiger partial charge in [0.2, 0.25) is 17.6 Å². The van der Waals surface area contributed by atoms with E-state index in [1.54, 1.807) is 12.1 Å². The Labute approximate surface area is 209 Å². The molecule has 0 spiro atoms. The van der Waals surface area contributed by atoms with Crippen molar-refractivity contribution in [1.82, 2.24) is 10.6 Å².